The molecule has 0 aromatic heterocycles. The number of rotatable bonds is 6. The van der Waals surface area contributed by atoms with Crippen molar-refractivity contribution in [3.8, 4) is 11.5 Å². The zero-order valence-corrected chi connectivity index (χ0v) is 14.9. The van der Waals surface area contributed by atoms with Crippen LogP contribution in [0.5, 0.6) is 11.5 Å². The fraction of sp³-hybridized carbons (Fsp3) is 0.263. The molecule has 0 aliphatic carbocycles. The van der Waals surface area contributed by atoms with E-state index in [0.717, 1.165) is 11.1 Å². The number of nitrogens with one attached hydrogen (secondary N) is 1. The first kappa shape index (κ1) is 18.1. The predicted molar refractivity (Wildman–Crippen MR) is 95.1 cm³/mol. The summed E-state index contributed by atoms with van der Waals surface area (Å²) < 4.78 is 15.7. The lowest BCUT2D eigenvalue weighted by molar-refractivity contribution is -0.154. The van der Waals surface area contributed by atoms with Gasteiger partial charge in [0.05, 0.1) is 6.42 Å². The highest BCUT2D eigenvalue weighted by atomic mass is 35.5. The Bertz CT molecular complexity index is 806. The van der Waals surface area contributed by atoms with Gasteiger partial charge in [-0.25, -0.2) is 0 Å². The van der Waals surface area contributed by atoms with Gasteiger partial charge in [-0.05, 0) is 42.3 Å². The molecule has 0 saturated carbocycles. The van der Waals surface area contributed by atoms with Crippen molar-refractivity contribution in [2.75, 3.05) is 6.79 Å². The van der Waals surface area contributed by atoms with Gasteiger partial charge >= 0.3 is 5.97 Å². The SMILES string of the molecule is C[C@H](OC(=O)Cc1ccc(Cl)cc1)C(=O)NCc1ccc2c(c1)OCO2. The molecule has 1 aliphatic rings. The van der Waals surface area contributed by atoms with Crippen LogP contribution in [0.4, 0.5) is 0 Å². The average molecular weight is 376 g/mol. The summed E-state index contributed by atoms with van der Waals surface area (Å²) >= 11 is 5.81. The molecule has 0 radical (unpaired) electrons. The molecule has 0 saturated heterocycles. The van der Waals surface area contributed by atoms with E-state index < -0.39 is 12.1 Å². The molecule has 0 unspecified atom stereocenters. The summed E-state index contributed by atoms with van der Waals surface area (Å²) in [6.45, 7) is 2.04. The van der Waals surface area contributed by atoms with Gasteiger partial charge < -0.3 is 19.5 Å². The number of ether oxygens (including phenoxy) is 3. The number of fused-ring (bicyclic) bond motifs is 1. The lowest BCUT2D eigenvalue weighted by Crippen LogP contribution is -2.35. The minimum Gasteiger partial charge on any atom is -0.454 e. The van der Waals surface area contributed by atoms with Gasteiger partial charge in [-0.1, -0.05) is 29.8 Å². The van der Waals surface area contributed by atoms with Crippen molar-refractivity contribution in [3.63, 3.8) is 0 Å². The first-order valence-electron chi connectivity index (χ1n) is 8.11. The highest BCUT2D eigenvalue weighted by Crippen LogP contribution is 2.32. The molecule has 1 atom stereocenters. The van der Waals surface area contributed by atoms with E-state index in [0.29, 0.717) is 23.1 Å². The molecule has 136 valence electrons. The van der Waals surface area contributed by atoms with Crippen LogP contribution >= 0.6 is 11.6 Å². The fourth-order valence-corrected chi connectivity index (χ4v) is 2.57. The van der Waals surface area contributed by atoms with Crippen molar-refractivity contribution < 1.29 is 23.8 Å². The summed E-state index contributed by atoms with van der Waals surface area (Å²) in [4.78, 5) is 24.1. The molecule has 1 heterocycles. The molecule has 7 heteroatoms. The number of carbonyl (C=O) groups excluding carboxylic acids is 2. The summed E-state index contributed by atoms with van der Waals surface area (Å²) in [6, 6.07) is 12.3. The Labute approximate surface area is 156 Å². The second-order valence-corrected chi connectivity index (χ2v) is 6.28. The third-order valence-electron chi connectivity index (χ3n) is 3.84. The van der Waals surface area contributed by atoms with Crippen molar-refractivity contribution >= 4 is 23.5 Å². The number of amides is 1. The molecular formula is C19H18ClNO5. The largest absolute Gasteiger partial charge is 0.454 e. The lowest BCUT2D eigenvalue weighted by atomic mass is 10.1. The van der Waals surface area contributed by atoms with Crippen LogP contribution in [0.1, 0.15) is 18.1 Å². The van der Waals surface area contributed by atoms with Crippen molar-refractivity contribution in [1.82, 2.24) is 5.32 Å². The Morgan fingerprint density at radius 1 is 1.12 bits per heavy atom. The van der Waals surface area contributed by atoms with E-state index in [4.69, 9.17) is 25.8 Å². The molecule has 0 spiro atoms. The zero-order valence-electron chi connectivity index (χ0n) is 14.2. The van der Waals surface area contributed by atoms with Crippen LogP contribution < -0.4 is 14.8 Å². The smallest absolute Gasteiger partial charge is 0.311 e. The second-order valence-electron chi connectivity index (χ2n) is 5.84. The number of benzene rings is 2. The molecule has 2 aromatic carbocycles. The van der Waals surface area contributed by atoms with Crippen LogP contribution in [-0.4, -0.2) is 24.8 Å². The predicted octanol–water partition coefficient (Wildman–Crippen LogP) is 2.86. The summed E-state index contributed by atoms with van der Waals surface area (Å²) in [5.74, 6) is 0.494. The van der Waals surface area contributed by atoms with Crippen LogP contribution in [-0.2, 0) is 27.3 Å². The number of hydrogen-bond acceptors (Lipinski definition) is 5. The van der Waals surface area contributed by atoms with Crippen LogP contribution in [0.3, 0.4) is 0 Å². The normalized spacial score (nSPS) is 13.2. The maximum absolute atomic E-state index is 12.1. The van der Waals surface area contributed by atoms with Crippen molar-refractivity contribution in [3.05, 3.63) is 58.6 Å². The highest BCUT2D eigenvalue weighted by molar-refractivity contribution is 6.30. The third-order valence-corrected chi connectivity index (χ3v) is 4.09. The summed E-state index contributed by atoms with van der Waals surface area (Å²) in [6.07, 6.45) is -0.805. The maximum Gasteiger partial charge on any atom is 0.311 e. The quantitative estimate of drug-likeness (QED) is 0.786. The first-order valence-corrected chi connectivity index (χ1v) is 8.49. The zero-order chi connectivity index (χ0) is 18.5. The van der Waals surface area contributed by atoms with E-state index in [1.54, 1.807) is 36.4 Å². The van der Waals surface area contributed by atoms with Gasteiger partial charge in [0.15, 0.2) is 17.6 Å². The molecule has 1 aliphatic heterocycles. The summed E-state index contributed by atoms with van der Waals surface area (Å²) in [5.41, 5.74) is 1.63. The van der Waals surface area contributed by atoms with Crippen molar-refractivity contribution in [2.24, 2.45) is 0 Å². The number of esters is 1. The van der Waals surface area contributed by atoms with Gasteiger partial charge in [0.2, 0.25) is 6.79 Å². The minimum absolute atomic E-state index is 0.0803. The Morgan fingerprint density at radius 3 is 2.58 bits per heavy atom. The molecule has 1 amide bonds. The van der Waals surface area contributed by atoms with Gasteiger partial charge in [-0.15, -0.1) is 0 Å². The molecule has 0 fully saturated rings. The lowest BCUT2D eigenvalue weighted by Gasteiger charge is -2.14. The Morgan fingerprint density at radius 2 is 1.81 bits per heavy atom. The first-order chi connectivity index (χ1) is 12.5. The van der Waals surface area contributed by atoms with E-state index in [1.807, 2.05) is 6.07 Å². The van der Waals surface area contributed by atoms with Gasteiger partial charge in [0.1, 0.15) is 0 Å². The molecule has 3 rings (SSSR count). The summed E-state index contributed by atoms with van der Waals surface area (Å²) in [5, 5.41) is 3.33. The van der Waals surface area contributed by atoms with Crippen LogP contribution in [0.25, 0.3) is 0 Å². The molecule has 1 N–H and O–H groups in total. The fourth-order valence-electron chi connectivity index (χ4n) is 2.45. The molecular weight excluding hydrogens is 358 g/mol. The molecule has 26 heavy (non-hydrogen) atoms. The van der Waals surface area contributed by atoms with Gasteiger partial charge in [0.25, 0.3) is 5.91 Å². The summed E-state index contributed by atoms with van der Waals surface area (Å²) in [7, 11) is 0. The van der Waals surface area contributed by atoms with Gasteiger partial charge in [-0.2, -0.15) is 0 Å². The number of hydrogen-bond donors (Lipinski definition) is 1. The topological polar surface area (TPSA) is 73.9 Å². The maximum atomic E-state index is 12.1. The van der Waals surface area contributed by atoms with E-state index in [1.165, 1.54) is 6.92 Å². The van der Waals surface area contributed by atoms with E-state index in [9.17, 15) is 9.59 Å². The van der Waals surface area contributed by atoms with Crippen molar-refractivity contribution in [2.45, 2.75) is 26.0 Å². The van der Waals surface area contributed by atoms with Gasteiger partial charge in [0, 0.05) is 11.6 Å². The monoisotopic (exact) mass is 375 g/mol. The molecule has 6 nitrogen and oxygen atoms in total. The minimum atomic E-state index is -0.885. The number of carbonyl (C=O) groups is 2. The van der Waals surface area contributed by atoms with Gasteiger partial charge in [-0.3, -0.25) is 9.59 Å². The van der Waals surface area contributed by atoms with E-state index in [-0.39, 0.29) is 19.1 Å². The molecule has 0 bridgehead atoms. The van der Waals surface area contributed by atoms with Crippen LogP contribution in [0.2, 0.25) is 5.02 Å². The third kappa shape index (κ3) is 4.67. The standard InChI is InChI=1S/C19H18ClNO5/c1-12(26-18(22)9-13-2-5-15(20)6-3-13)19(23)21-10-14-4-7-16-17(8-14)25-11-24-16/h2-8,12H,9-11H2,1H3,(H,21,23)/t12-/m0/s1. The van der Waals surface area contributed by atoms with Crippen LogP contribution in [0, 0.1) is 0 Å². The molecule has 2 aromatic rings. The Kier molecular flexibility index (Phi) is 5.63. The Hall–Kier alpha value is -2.73. The Balaban J connectivity index is 1.46. The second kappa shape index (κ2) is 8.10. The van der Waals surface area contributed by atoms with Crippen molar-refractivity contribution in [1.29, 1.82) is 0 Å². The number of halogens is 1. The van der Waals surface area contributed by atoms with E-state index in [2.05, 4.69) is 5.32 Å². The van der Waals surface area contributed by atoms with E-state index >= 15 is 0 Å². The van der Waals surface area contributed by atoms with Crippen LogP contribution in [0.15, 0.2) is 42.5 Å². The average Bonchev–Trinajstić information content (AvgIpc) is 3.09. The highest BCUT2D eigenvalue weighted by Gasteiger charge is 2.18.